The zero-order valence-corrected chi connectivity index (χ0v) is 10.7. The SMILES string of the molecule is CCCc1nc(C(C)(C)C)sc1CC#N. The molecular formula is C12H18N2S. The third-order valence-corrected chi connectivity index (χ3v) is 3.67. The molecule has 0 bridgehead atoms. The van der Waals surface area contributed by atoms with Crippen molar-refractivity contribution in [2.24, 2.45) is 0 Å². The van der Waals surface area contributed by atoms with Crippen LogP contribution in [0.2, 0.25) is 0 Å². The van der Waals surface area contributed by atoms with Gasteiger partial charge in [-0.3, -0.25) is 0 Å². The summed E-state index contributed by atoms with van der Waals surface area (Å²) in [6.45, 7) is 8.64. The van der Waals surface area contributed by atoms with E-state index in [4.69, 9.17) is 5.26 Å². The molecule has 1 aromatic heterocycles. The maximum absolute atomic E-state index is 8.75. The van der Waals surface area contributed by atoms with Gasteiger partial charge in [0.2, 0.25) is 0 Å². The van der Waals surface area contributed by atoms with E-state index >= 15 is 0 Å². The van der Waals surface area contributed by atoms with Crippen molar-refractivity contribution in [3.05, 3.63) is 15.6 Å². The predicted molar refractivity (Wildman–Crippen MR) is 64.1 cm³/mol. The van der Waals surface area contributed by atoms with Crippen molar-refractivity contribution < 1.29 is 0 Å². The van der Waals surface area contributed by atoms with Crippen LogP contribution in [0.25, 0.3) is 0 Å². The Morgan fingerprint density at radius 1 is 1.40 bits per heavy atom. The van der Waals surface area contributed by atoms with Gasteiger partial charge in [0.25, 0.3) is 0 Å². The van der Waals surface area contributed by atoms with Crippen molar-refractivity contribution in [3.63, 3.8) is 0 Å². The average Bonchev–Trinajstić information content (AvgIpc) is 2.50. The molecule has 0 aliphatic carbocycles. The molecule has 15 heavy (non-hydrogen) atoms. The van der Waals surface area contributed by atoms with Crippen molar-refractivity contribution >= 4 is 11.3 Å². The lowest BCUT2D eigenvalue weighted by atomic mass is 9.98. The number of rotatable bonds is 3. The van der Waals surface area contributed by atoms with E-state index in [0.29, 0.717) is 6.42 Å². The normalized spacial score (nSPS) is 11.4. The minimum atomic E-state index is 0.0981. The molecule has 0 N–H and O–H groups in total. The molecule has 0 aliphatic rings. The van der Waals surface area contributed by atoms with Crippen LogP contribution in [0, 0.1) is 11.3 Å². The molecule has 1 heterocycles. The molecule has 0 atom stereocenters. The van der Waals surface area contributed by atoms with Crippen LogP contribution in [0.15, 0.2) is 0 Å². The van der Waals surface area contributed by atoms with Crippen molar-refractivity contribution in [1.29, 1.82) is 5.26 Å². The van der Waals surface area contributed by atoms with Crippen molar-refractivity contribution in [2.75, 3.05) is 0 Å². The lowest BCUT2D eigenvalue weighted by molar-refractivity contribution is 0.582. The van der Waals surface area contributed by atoms with E-state index in [-0.39, 0.29) is 5.41 Å². The number of hydrogen-bond donors (Lipinski definition) is 0. The molecule has 0 saturated carbocycles. The summed E-state index contributed by atoms with van der Waals surface area (Å²) in [5.41, 5.74) is 1.23. The van der Waals surface area contributed by atoms with Gasteiger partial charge in [0, 0.05) is 10.3 Å². The summed E-state index contributed by atoms with van der Waals surface area (Å²) in [5.74, 6) is 0. The van der Waals surface area contributed by atoms with Crippen LogP contribution in [0.4, 0.5) is 0 Å². The van der Waals surface area contributed by atoms with E-state index in [0.717, 1.165) is 28.4 Å². The highest BCUT2D eigenvalue weighted by atomic mass is 32.1. The highest BCUT2D eigenvalue weighted by molar-refractivity contribution is 7.11. The molecule has 0 aliphatic heterocycles. The Kier molecular flexibility index (Phi) is 3.87. The van der Waals surface area contributed by atoms with Gasteiger partial charge in [-0.25, -0.2) is 4.98 Å². The van der Waals surface area contributed by atoms with Gasteiger partial charge in [0.15, 0.2) is 0 Å². The minimum Gasteiger partial charge on any atom is -0.245 e. The first-order valence-electron chi connectivity index (χ1n) is 5.35. The summed E-state index contributed by atoms with van der Waals surface area (Å²) in [4.78, 5) is 5.81. The number of nitriles is 1. The highest BCUT2D eigenvalue weighted by Gasteiger charge is 2.20. The van der Waals surface area contributed by atoms with E-state index < -0.39 is 0 Å². The number of thiazole rings is 1. The van der Waals surface area contributed by atoms with E-state index in [1.807, 2.05) is 0 Å². The summed E-state index contributed by atoms with van der Waals surface area (Å²) in [6, 6.07) is 2.22. The molecule has 1 aromatic rings. The molecular weight excluding hydrogens is 204 g/mol. The van der Waals surface area contributed by atoms with Gasteiger partial charge < -0.3 is 0 Å². The molecule has 2 nitrogen and oxygen atoms in total. The smallest absolute Gasteiger partial charge is 0.0984 e. The van der Waals surface area contributed by atoms with Gasteiger partial charge in [-0.1, -0.05) is 34.1 Å². The van der Waals surface area contributed by atoms with Gasteiger partial charge in [-0.05, 0) is 6.42 Å². The zero-order chi connectivity index (χ0) is 11.5. The van der Waals surface area contributed by atoms with Gasteiger partial charge in [0.05, 0.1) is 23.2 Å². The van der Waals surface area contributed by atoms with Crippen LogP contribution in [0.1, 0.15) is 49.7 Å². The first-order valence-corrected chi connectivity index (χ1v) is 6.16. The molecule has 0 radical (unpaired) electrons. The first-order chi connectivity index (χ1) is 6.99. The molecule has 0 fully saturated rings. The molecule has 3 heteroatoms. The van der Waals surface area contributed by atoms with Crippen LogP contribution in [-0.2, 0) is 18.3 Å². The molecule has 0 spiro atoms. The number of aromatic nitrogens is 1. The van der Waals surface area contributed by atoms with Crippen LogP contribution >= 0.6 is 11.3 Å². The molecule has 82 valence electrons. The maximum Gasteiger partial charge on any atom is 0.0984 e. The Morgan fingerprint density at radius 2 is 2.07 bits per heavy atom. The van der Waals surface area contributed by atoms with Crippen LogP contribution < -0.4 is 0 Å². The second-order valence-electron chi connectivity index (χ2n) is 4.72. The molecule has 0 aromatic carbocycles. The standard InChI is InChI=1S/C12H18N2S/c1-5-6-9-10(7-8-13)15-11(14-9)12(2,3)4/h5-7H2,1-4H3. The maximum atomic E-state index is 8.75. The summed E-state index contributed by atoms with van der Waals surface area (Å²) < 4.78 is 0. The van der Waals surface area contributed by atoms with Crippen LogP contribution in [0.3, 0.4) is 0 Å². The van der Waals surface area contributed by atoms with E-state index in [9.17, 15) is 0 Å². The van der Waals surface area contributed by atoms with Crippen molar-refractivity contribution in [1.82, 2.24) is 4.98 Å². The van der Waals surface area contributed by atoms with Gasteiger partial charge in [-0.2, -0.15) is 5.26 Å². The summed E-state index contributed by atoms with van der Waals surface area (Å²) >= 11 is 1.70. The predicted octanol–water partition coefficient (Wildman–Crippen LogP) is 3.46. The summed E-state index contributed by atoms with van der Waals surface area (Å²) in [6.07, 6.45) is 2.58. The zero-order valence-electron chi connectivity index (χ0n) is 9.92. The third-order valence-electron chi connectivity index (χ3n) is 2.15. The van der Waals surface area contributed by atoms with Crippen LogP contribution in [-0.4, -0.2) is 4.98 Å². The topological polar surface area (TPSA) is 36.7 Å². The fourth-order valence-corrected chi connectivity index (χ4v) is 2.44. The van der Waals surface area contributed by atoms with E-state index in [1.54, 1.807) is 11.3 Å². The van der Waals surface area contributed by atoms with Gasteiger partial charge in [0.1, 0.15) is 0 Å². The second-order valence-corrected chi connectivity index (χ2v) is 5.81. The number of hydrogen-bond acceptors (Lipinski definition) is 3. The quantitative estimate of drug-likeness (QED) is 0.785. The van der Waals surface area contributed by atoms with Gasteiger partial charge in [-0.15, -0.1) is 11.3 Å². The fourth-order valence-electron chi connectivity index (χ4n) is 1.35. The van der Waals surface area contributed by atoms with E-state index in [2.05, 4.69) is 38.7 Å². The Labute approximate surface area is 96.0 Å². The Morgan fingerprint density at radius 3 is 2.53 bits per heavy atom. The Balaban J connectivity index is 3.04. The molecule has 1 rings (SSSR count). The monoisotopic (exact) mass is 222 g/mol. The number of aryl methyl sites for hydroxylation is 1. The van der Waals surface area contributed by atoms with Crippen molar-refractivity contribution in [3.8, 4) is 6.07 Å². The molecule has 0 amide bonds. The Hall–Kier alpha value is -0.880. The van der Waals surface area contributed by atoms with Gasteiger partial charge >= 0.3 is 0 Å². The lowest BCUT2D eigenvalue weighted by Gasteiger charge is -2.13. The first kappa shape index (κ1) is 12.2. The lowest BCUT2D eigenvalue weighted by Crippen LogP contribution is -2.10. The Bertz CT molecular complexity index is 366. The third kappa shape index (κ3) is 3.04. The number of nitrogens with zero attached hydrogens (tertiary/aromatic N) is 2. The second kappa shape index (κ2) is 4.76. The van der Waals surface area contributed by atoms with Crippen LogP contribution in [0.5, 0.6) is 0 Å². The minimum absolute atomic E-state index is 0.0981. The average molecular weight is 222 g/mol. The highest BCUT2D eigenvalue weighted by Crippen LogP contribution is 2.30. The largest absolute Gasteiger partial charge is 0.245 e. The summed E-state index contributed by atoms with van der Waals surface area (Å²) in [5, 5.41) is 9.90. The molecule has 0 saturated heterocycles. The summed E-state index contributed by atoms with van der Waals surface area (Å²) in [7, 11) is 0. The van der Waals surface area contributed by atoms with E-state index in [1.165, 1.54) is 0 Å². The van der Waals surface area contributed by atoms with Crippen molar-refractivity contribution in [2.45, 2.75) is 52.4 Å². The fraction of sp³-hybridized carbons (Fsp3) is 0.667. The molecule has 0 unspecified atom stereocenters.